The third-order valence-corrected chi connectivity index (χ3v) is 1.64. The Bertz CT molecular complexity index is 301. The zero-order valence-corrected chi connectivity index (χ0v) is 6.91. The third kappa shape index (κ3) is 1.39. The molecule has 2 rings (SSSR count). The maximum atomic E-state index is 4.20. The highest BCUT2D eigenvalue weighted by Crippen LogP contribution is 2.03. The van der Waals surface area contributed by atoms with Gasteiger partial charge in [-0.15, -0.1) is 0 Å². The number of nitrogens with zero attached hydrogens (tertiary/aromatic N) is 3. The van der Waals surface area contributed by atoms with E-state index in [9.17, 15) is 0 Å². The zero-order valence-electron chi connectivity index (χ0n) is 6.91. The number of aromatic nitrogens is 2. The third-order valence-electron chi connectivity index (χ3n) is 1.64. The Hall–Kier alpha value is -1.52. The molecule has 0 atom stereocenters. The van der Waals surface area contributed by atoms with Gasteiger partial charge in [0.1, 0.15) is 0 Å². The zero-order chi connectivity index (χ0) is 8.39. The standard InChI is InChI=1S/C7H11N5/c1-12-5-6(4-10-12)11-7-8-2-3-9-7/h4-5H,2-3H2,1H3,(H2,8,9,11). The minimum absolute atomic E-state index is 0.836. The van der Waals surface area contributed by atoms with Crippen LogP contribution in [0.2, 0.25) is 0 Å². The molecular formula is C7H11N5. The van der Waals surface area contributed by atoms with Crippen LogP contribution in [-0.2, 0) is 7.05 Å². The predicted molar refractivity (Wildman–Crippen MR) is 47.1 cm³/mol. The van der Waals surface area contributed by atoms with Crippen LogP contribution in [0.4, 0.5) is 5.69 Å². The van der Waals surface area contributed by atoms with Crippen LogP contribution in [0.1, 0.15) is 0 Å². The van der Waals surface area contributed by atoms with Crippen molar-refractivity contribution in [3.63, 3.8) is 0 Å². The maximum Gasteiger partial charge on any atom is 0.196 e. The summed E-state index contributed by atoms with van der Waals surface area (Å²) in [5.74, 6) is 0.836. The first-order valence-corrected chi connectivity index (χ1v) is 3.88. The fourth-order valence-electron chi connectivity index (χ4n) is 1.10. The highest BCUT2D eigenvalue weighted by Gasteiger charge is 2.04. The second-order valence-electron chi connectivity index (χ2n) is 2.68. The molecule has 0 aliphatic carbocycles. The predicted octanol–water partition coefficient (Wildman–Crippen LogP) is -0.209. The molecule has 64 valence electrons. The van der Waals surface area contributed by atoms with Crippen molar-refractivity contribution in [2.75, 3.05) is 18.4 Å². The van der Waals surface area contributed by atoms with Crippen molar-refractivity contribution in [3.05, 3.63) is 12.4 Å². The van der Waals surface area contributed by atoms with Gasteiger partial charge in [0, 0.05) is 19.8 Å². The highest BCUT2D eigenvalue weighted by atomic mass is 15.3. The summed E-state index contributed by atoms with van der Waals surface area (Å²) in [6.45, 7) is 1.77. The molecule has 0 unspecified atom stereocenters. The van der Waals surface area contributed by atoms with Crippen molar-refractivity contribution in [1.82, 2.24) is 15.1 Å². The van der Waals surface area contributed by atoms with Crippen LogP contribution in [0.3, 0.4) is 0 Å². The highest BCUT2D eigenvalue weighted by molar-refractivity contribution is 5.94. The summed E-state index contributed by atoms with van der Waals surface area (Å²) in [7, 11) is 1.88. The number of anilines is 1. The smallest absolute Gasteiger partial charge is 0.196 e. The summed E-state index contributed by atoms with van der Waals surface area (Å²) in [5, 5.41) is 10.3. The number of guanidine groups is 1. The average Bonchev–Trinajstić information content (AvgIpc) is 2.63. The molecule has 1 aromatic heterocycles. The van der Waals surface area contributed by atoms with Crippen molar-refractivity contribution in [1.29, 1.82) is 0 Å². The molecule has 2 heterocycles. The van der Waals surface area contributed by atoms with E-state index in [1.54, 1.807) is 10.9 Å². The van der Waals surface area contributed by atoms with Gasteiger partial charge in [-0.1, -0.05) is 0 Å². The fraction of sp³-hybridized carbons (Fsp3) is 0.429. The maximum absolute atomic E-state index is 4.20. The van der Waals surface area contributed by atoms with Crippen molar-refractivity contribution in [2.24, 2.45) is 12.0 Å². The number of rotatable bonds is 1. The molecule has 0 bridgehead atoms. The molecule has 0 fully saturated rings. The summed E-state index contributed by atoms with van der Waals surface area (Å²) in [6.07, 6.45) is 3.67. The Balaban J connectivity index is 2.03. The molecule has 1 aliphatic rings. The molecule has 12 heavy (non-hydrogen) atoms. The van der Waals surface area contributed by atoms with Gasteiger partial charge in [-0.2, -0.15) is 5.10 Å². The first kappa shape index (κ1) is 7.15. The summed E-state index contributed by atoms with van der Waals surface area (Å²) in [6, 6.07) is 0. The number of hydrogen-bond donors (Lipinski definition) is 2. The van der Waals surface area contributed by atoms with Gasteiger partial charge in [-0.25, -0.2) is 0 Å². The van der Waals surface area contributed by atoms with Crippen LogP contribution in [0.25, 0.3) is 0 Å². The van der Waals surface area contributed by atoms with Gasteiger partial charge in [0.25, 0.3) is 0 Å². The minimum Gasteiger partial charge on any atom is -0.354 e. The lowest BCUT2D eigenvalue weighted by molar-refractivity contribution is 0.768. The molecule has 0 spiro atoms. The molecule has 1 aromatic rings. The van der Waals surface area contributed by atoms with Gasteiger partial charge in [0.05, 0.1) is 18.4 Å². The van der Waals surface area contributed by atoms with Gasteiger partial charge >= 0.3 is 0 Å². The Morgan fingerprint density at radius 3 is 3.17 bits per heavy atom. The van der Waals surface area contributed by atoms with Gasteiger partial charge < -0.3 is 10.6 Å². The Labute approximate surface area is 70.5 Å². The monoisotopic (exact) mass is 165 g/mol. The fourth-order valence-corrected chi connectivity index (χ4v) is 1.10. The van der Waals surface area contributed by atoms with Crippen LogP contribution < -0.4 is 10.6 Å². The summed E-state index contributed by atoms with van der Waals surface area (Å²) in [5.41, 5.74) is 0.964. The molecule has 0 aromatic carbocycles. The molecule has 0 radical (unpaired) electrons. The van der Waals surface area contributed by atoms with E-state index in [2.05, 4.69) is 20.7 Å². The molecule has 5 nitrogen and oxygen atoms in total. The Morgan fingerprint density at radius 1 is 1.67 bits per heavy atom. The molecular weight excluding hydrogens is 154 g/mol. The van der Waals surface area contributed by atoms with E-state index in [0.717, 1.165) is 24.7 Å². The number of aryl methyl sites for hydroxylation is 1. The van der Waals surface area contributed by atoms with E-state index in [4.69, 9.17) is 0 Å². The normalized spacial score (nSPS) is 15.6. The lowest BCUT2D eigenvalue weighted by Crippen LogP contribution is -2.25. The van der Waals surface area contributed by atoms with Crippen molar-refractivity contribution < 1.29 is 0 Å². The minimum atomic E-state index is 0.836. The lowest BCUT2D eigenvalue weighted by atomic mass is 10.6. The van der Waals surface area contributed by atoms with Crippen molar-refractivity contribution in [3.8, 4) is 0 Å². The largest absolute Gasteiger partial charge is 0.354 e. The van der Waals surface area contributed by atoms with Crippen molar-refractivity contribution in [2.45, 2.75) is 0 Å². The number of aliphatic imine (C=N–C) groups is 1. The van der Waals surface area contributed by atoms with Gasteiger partial charge in [-0.3, -0.25) is 9.67 Å². The second kappa shape index (κ2) is 2.84. The SMILES string of the molecule is Cn1cc(NC2=NCCN2)cn1. The Kier molecular flexibility index (Phi) is 1.69. The first-order valence-electron chi connectivity index (χ1n) is 3.88. The molecule has 0 saturated heterocycles. The van der Waals surface area contributed by atoms with E-state index in [1.807, 2.05) is 13.2 Å². The quantitative estimate of drug-likeness (QED) is 0.605. The molecule has 0 amide bonds. The average molecular weight is 165 g/mol. The van der Waals surface area contributed by atoms with Crippen LogP contribution in [-0.4, -0.2) is 28.8 Å². The van der Waals surface area contributed by atoms with Gasteiger partial charge in [-0.05, 0) is 0 Å². The van der Waals surface area contributed by atoms with E-state index >= 15 is 0 Å². The summed E-state index contributed by atoms with van der Waals surface area (Å²) >= 11 is 0. The molecule has 0 saturated carbocycles. The number of nitrogens with one attached hydrogen (secondary N) is 2. The van der Waals surface area contributed by atoms with Crippen LogP contribution in [0.5, 0.6) is 0 Å². The van der Waals surface area contributed by atoms with Crippen LogP contribution >= 0.6 is 0 Å². The molecule has 5 heteroatoms. The van der Waals surface area contributed by atoms with E-state index in [-0.39, 0.29) is 0 Å². The first-order chi connectivity index (χ1) is 5.84. The van der Waals surface area contributed by atoms with Crippen molar-refractivity contribution >= 4 is 11.6 Å². The summed E-state index contributed by atoms with van der Waals surface area (Å²) < 4.78 is 1.75. The molecule has 2 N–H and O–H groups in total. The molecule has 1 aliphatic heterocycles. The van der Waals surface area contributed by atoms with Crippen LogP contribution in [0.15, 0.2) is 17.4 Å². The number of hydrogen-bond acceptors (Lipinski definition) is 4. The van der Waals surface area contributed by atoms with E-state index in [0.29, 0.717) is 0 Å². The van der Waals surface area contributed by atoms with E-state index < -0.39 is 0 Å². The van der Waals surface area contributed by atoms with Crippen LogP contribution in [0, 0.1) is 0 Å². The summed E-state index contributed by atoms with van der Waals surface area (Å²) in [4.78, 5) is 4.20. The van der Waals surface area contributed by atoms with Gasteiger partial charge in [0.2, 0.25) is 0 Å². The lowest BCUT2D eigenvalue weighted by Gasteiger charge is -2.01. The van der Waals surface area contributed by atoms with E-state index in [1.165, 1.54) is 0 Å². The van der Waals surface area contributed by atoms with Gasteiger partial charge in [0.15, 0.2) is 5.96 Å². The second-order valence-corrected chi connectivity index (χ2v) is 2.68. The topological polar surface area (TPSA) is 54.2 Å². The Morgan fingerprint density at radius 2 is 2.58 bits per heavy atom.